The van der Waals surface area contributed by atoms with Gasteiger partial charge in [0.2, 0.25) is 17.7 Å². The van der Waals surface area contributed by atoms with Crippen LogP contribution in [0.15, 0.2) is 21.4 Å². The summed E-state index contributed by atoms with van der Waals surface area (Å²) < 4.78 is 37.0. The number of phenols is 1. The van der Waals surface area contributed by atoms with Crippen molar-refractivity contribution in [2.75, 3.05) is 5.32 Å². The maximum absolute atomic E-state index is 12.1. The van der Waals surface area contributed by atoms with Gasteiger partial charge in [-0.1, -0.05) is 18.5 Å². The van der Waals surface area contributed by atoms with Crippen LogP contribution in [-0.4, -0.2) is 34.2 Å². The van der Waals surface area contributed by atoms with Crippen LogP contribution >= 0.6 is 11.6 Å². The Balaban J connectivity index is 2.02. The number of aromatic nitrogens is 2. The number of hydrogen-bond acceptors (Lipinski definition) is 8. The van der Waals surface area contributed by atoms with E-state index >= 15 is 0 Å². The highest BCUT2D eigenvalue weighted by molar-refractivity contribution is 7.86. The first kappa shape index (κ1) is 21.1. The summed E-state index contributed by atoms with van der Waals surface area (Å²) in [7, 11) is -4.71. The molecule has 0 aliphatic carbocycles. The van der Waals surface area contributed by atoms with Gasteiger partial charge in [0.15, 0.2) is 5.75 Å². The number of nitrogens with zero attached hydrogens (tertiary/aromatic N) is 2. The fourth-order valence-corrected chi connectivity index (χ4v) is 3.13. The first-order valence-corrected chi connectivity index (χ1v) is 9.81. The fraction of sp³-hybridized carbons (Fsp3) is 0.400. The number of amides is 1. The summed E-state index contributed by atoms with van der Waals surface area (Å²) in [6, 6.07) is 1.36. The Labute approximate surface area is 160 Å². The number of halogens is 1. The molecule has 2 rings (SSSR count). The van der Waals surface area contributed by atoms with Crippen LogP contribution < -0.4 is 11.1 Å². The summed E-state index contributed by atoms with van der Waals surface area (Å²) >= 11 is 5.76. The van der Waals surface area contributed by atoms with Crippen LogP contribution in [0.5, 0.6) is 5.75 Å². The molecule has 0 spiro atoms. The molecular weight excluding hydrogens is 400 g/mol. The molecule has 5 N–H and O–H groups in total. The highest BCUT2D eigenvalue weighted by Gasteiger charge is 2.21. The summed E-state index contributed by atoms with van der Waals surface area (Å²) in [6.45, 7) is 1.97. The smallest absolute Gasteiger partial charge is 0.298 e. The Kier molecular flexibility index (Phi) is 6.76. The van der Waals surface area contributed by atoms with Crippen molar-refractivity contribution in [2.24, 2.45) is 5.73 Å². The number of carbonyl (C=O) groups excluding carboxylic acids is 1. The number of aromatic hydroxyl groups is 1. The second-order valence-corrected chi connectivity index (χ2v) is 7.58. The first-order chi connectivity index (χ1) is 12.6. The van der Waals surface area contributed by atoms with E-state index in [-0.39, 0.29) is 29.4 Å². The van der Waals surface area contributed by atoms with E-state index < -0.39 is 32.7 Å². The zero-order chi connectivity index (χ0) is 20.2. The average molecular weight is 419 g/mol. The molecule has 0 saturated heterocycles. The predicted octanol–water partition coefficient (Wildman–Crippen LogP) is 2.05. The SMILES string of the molecule is CCCc1nnc([C@@H](N)CCC(=O)Nc2cc(Cl)cc(S(=O)(=O)O)c2O)o1. The molecule has 1 aromatic heterocycles. The maximum atomic E-state index is 12.1. The minimum absolute atomic E-state index is 0.0696. The van der Waals surface area contributed by atoms with E-state index in [1.807, 2.05) is 6.92 Å². The molecule has 10 nitrogen and oxygen atoms in total. The third-order valence-corrected chi connectivity index (χ3v) is 4.62. The second-order valence-electron chi connectivity index (χ2n) is 5.75. The monoisotopic (exact) mass is 418 g/mol. The normalized spacial score (nSPS) is 12.7. The van der Waals surface area contributed by atoms with Gasteiger partial charge in [-0.25, -0.2) is 0 Å². The lowest BCUT2D eigenvalue weighted by molar-refractivity contribution is -0.116. The Hall–Kier alpha value is -2.21. The van der Waals surface area contributed by atoms with Gasteiger partial charge in [-0.2, -0.15) is 8.42 Å². The molecule has 1 amide bonds. The Morgan fingerprint density at radius 3 is 2.74 bits per heavy atom. The van der Waals surface area contributed by atoms with Crippen molar-refractivity contribution in [3.8, 4) is 5.75 Å². The van der Waals surface area contributed by atoms with E-state index in [4.69, 9.17) is 26.3 Å². The number of nitrogens with two attached hydrogens (primary N) is 1. The zero-order valence-corrected chi connectivity index (χ0v) is 15.9. The van der Waals surface area contributed by atoms with E-state index in [1.165, 1.54) is 0 Å². The number of hydrogen-bond donors (Lipinski definition) is 4. The molecule has 12 heteroatoms. The molecule has 0 fully saturated rings. The molecule has 0 saturated carbocycles. The third kappa shape index (κ3) is 5.63. The van der Waals surface area contributed by atoms with E-state index in [0.29, 0.717) is 12.3 Å². The fourth-order valence-electron chi connectivity index (χ4n) is 2.22. The molecule has 0 unspecified atom stereocenters. The van der Waals surface area contributed by atoms with Crippen LogP contribution in [0.2, 0.25) is 5.02 Å². The molecule has 1 atom stereocenters. The Morgan fingerprint density at radius 2 is 2.11 bits per heavy atom. The van der Waals surface area contributed by atoms with Crippen molar-refractivity contribution >= 4 is 33.3 Å². The van der Waals surface area contributed by atoms with E-state index in [9.17, 15) is 18.3 Å². The summed E-state index contributed by atoms with van der Waals surface area (Å²) in [4.78, 5) is 11.3. The van der Waals surface area contributed by atoms with Gasteiger partial charge in [-0.3, -0.25) is 9.35 Å². The topological polar surface area (TPSA) is 169 Å². The van der Waals surface area contributed by atoms with Crippen LogP contribution in [0.4, 0.5) is 5.69 Å². The standard InChI is InChI=1S/C15H19ClN4O6S/c1-2-3-13-19-20-15(26-13)9(17)4-5-12(21)18-10-6-8(16)7-11(14(10)22)27(23,24)25/h6-7,9,22H,2-5,17H2,1H3,(H,18,21)(H,23,24,25)/t9-/m0/s1. The van der Waals surface area contributed by atoms with Crippen molar-refractivity contribution in [1.29, 1.82) is 0 Å². The van der Waals surface area contributed by atoms with Crippen LogP contribution in [0.3, 0.4) is 0 Å². The van der Waals surface area contributed by atoms with E-state index in [0.717, 1.165) is 18.6 Å². The molecule has 1 aromatic carbocycles. The molecule has 0 aliphatic heterocycles. The minimum atomic E-state index is -4.71. The lowest BCUT2D eigenvalue weighted by Gasteiger charge is -2.11. The number of aryl methyl sites for hydroxylation is 1. The van der Waals surface area contributed by atoms with Crippen molar-refractivity contribution in [2.45, 2.75) is 43.5 Å². The number of rotatable bonds is 8. The van der Waals surface area contributed by atoms with Gasteiger partial charge in [0.05, 0.1) is 11.7 Å². The quantitative estimate of drug-likeness (QED) is 0.370. The van der Waals surface area contributed by atoms with Crippen LogP contribution in [0.1, 0.15) is 44.0 Å². The van der Waals surface area contributed by atoms with Gasteiger partial charge in [-0.05, 0) is 25.0 Å². The second kappa shape index (κ2) is 8.65. The van der Waals surface area contributed by atoms with Crippen molar-refractivity contribution in [3.05, 3.63) is 28.9 Å². The van der Waals surface area contributed by atoms with Crippen molar-refractivity contribution < 1.29 is 27.3 Å². The number of nitrogens with one attached hydrogen (secondary N) is 1. The van der Waals surface area contributed by atoms with Crippen LogP contribution in [-0.2, 0) is 21.3 Å². The zero-order valence-electron chi connectivity index (χ0n) is 14.3. The molecule has 0 bridgehead atoms. The summed E-state index contributed by atoms with van der Waals surface area (Å²) in [6.07, 6.45) is 1.57. The average Bonchev–Trinajstić information content (AvgIpc) is 3.03. The molecular formula is C15H19ClN4O6S. The Morgan fingerprint density at radius 1 is 1.41 bits per heavy atom. The number of anilines is 1. The number of phenolic OH excluding ortho intramolecular Hbond substituents is 1. The van der Waals surface area contributed by atoms with Gasteiger partial charge < -0.3 is 20.6 Å². The number of benzene rings is 1. The summed E-state index contributed by atoms with van der Waals surface area (Å²) in [5.41, 5.74) is 5.67. The van der Waals surface area contributed by atoms with Crippen LogP contribution in [0, 0.1) is 0 Å². The van der Waals surface area contributed by atoms with E-state index in [2.05, 4.69) is 15.5 Å². The lowest BCUT2D eigenvalue weighted by atomic mass is 10.1. The van der Waals surface area contributed by atoms with Crippen LogP contribution in [0.25, 0.3) is 0 Å². The van der Waals surface area contributed by atoms with Crippen molar-refractivity contribution in [3.63, 3.8) is 0 Å². The van der Waals surface area contributed by atoms with Crippen molar-refractivity contribution in [1.82, 2.24) is 10.2 Å². The predicted molar refractivity (Wildman–Crippen MR) is 96.0 cm³/mol. The highest BCUT2D eigenvalue weighted by Crippen LogP contribution is 2.34. The molecule has 2 aromatic rings. The molecule has 0 aliphatic rings. The highest BCUT2D eigenvalue weighted by atomic mass is 35.5. The van der Waals surface area contributed by atoms with Gasteiger partial charge >= 0.3 is 0 Å². The van der Waals surface area contributed by atoms with Gasteiger partial charge in [0.25, 0.3) is 10.1 Å². The first-order valence-electron chi connectivity index (χ1n) is 7.99. The maximum Gasteiger partial charge on any atom is 0.298 e. The summed E-state index contributed by atoms with van der Waals surface area (Å²) in [5, 5.41) is 19.9. The number of carbonyl (C=O) groups is 1. The minimum Gasteiger partial charge on any atom is -0.504 e. The Bertz CT molecular complexity index is 930. The molecule has 0 radical (unpaired) electrons. The molecule has 148 valence electrons. The molecule has 1 heterocycles. The van der Waals surface area contributed by atoms with Gasteiger partial charge in [0, 0.05) is 17.9 Å². The third-order valence-electron chi connectivity index (χ3n) is 3.54. The largest absolute Gasteiger partial charge is 0.504 e. The lowest BCUT2D eigenvalue weighted by Crippen LogP contribution is -2.17. The van der Waals surface area contributed by atoms with Gasteiger partial charge in [0.1, 0.15) is 4.90 Å². The summed E-state index contributed by atoms with van der Waals surface area (Å²) in [5.74, 6) is -0.697. The van der Waals surface area contributed by atoms with E-state index in [1.54, 1.807) is 0 Å². The molecule has 27 heavy (non-hydrogen) atoms. The van der Waals surface area contributed by atoms with Gasteiger partial charge in [-0.15, -0.1) is 10.2 Å².